The van der Waals surface area contributed by atoms with E-state index in [2.05, 4.69) is 22.0 Å². The van der Waals surface area contributed by atoms with Crippen LogP contribution in [0.5, 0.6) is 0 Å². The lowest BCUT2D eigenvalue weighted by Crippen LogP contribution is -2.36. The van der Waals surface area contributed by atoms with Crippen LogP contribution in [0.1, 0.15) is 15.2 Å². The average Bonchev–Trinajstić information content (AvgIpc) is 3.24. The summed E-state index contributed by atoms with van der Waals surface area (Å²) >= 11 is 1.21. The van der Waals surface area contributed by atoms with E-state index >= 15 is 0 Å². The molecule has 0 atom stereocenters. The lowest BCUT2D eigenvalue weighted by Gasteiger charge is -2.29. The third kappa shape index (κ3) is 4.46. The molecule has 150 valence electrons. The molecule has 0 unspecified atom stereocenters. The summed E-state index contributed by atoms with van der Waals surface area (Å²) in [5.41, 5.74) is 2.64. The molecule has 29 heavy (non-hydrogen) atoms. The Labute approximate surface area is 173 Å². The summed E-state index contributed by atoms with van der Waals surface area (Å²) in [6.07, 6.45) is 1.52. The maximum atomic E-state index is 14.0. The number of thiazole rings is 1. The van der Waals surface area contributed by atoms with E-state index in [0.717, 1.165) is 31.9 Å². The van der Waals surface area contributed by atoms with Crippen LogP contribution in [0.25, 0.3) is 10.6 Å². The Morgan fingerprint density at radius 3 is 2.62 bits per heavy atom. The number of hydrogen-bond acceptors (Lipinski definition) is 5. The van der Waals surface area contributed by atoms with Gasteiger partial charge in [-0.2, -0.15) is 0 Å². The number of carbonyl (C=O) groups is 1. The number of benzene rings is 2. The molecule has 2 heterocycles. The quantitative estimate of drug-likeness (QED) is 0.635. The minimum absolute atomic E-state index is 0.123. The van der Waals surface area contributed by atoms with Gasteiger partial charge in [0.2, 0.25) is 0 Å². The van der Waals surface area contributed by atoms with Crippen molar-refractivity contribution in [1.82, 2.24) is 9.88 Å². The number of halogens is 1. The van der Waals surface area contributed by atoms with E-state index in [-0.39, 0.29) is 11.7 Å². The first-order chi connectivity index (χ1) is 14.1. The summed E-state index contributed by atoms with van der Waals surface area (Å²) in [6, 6.07) is 14.7. The lowest BCUT2D eigenvalue weighted by atomic mass is 10.1. The summed E-state index contributed by atoms with van der Waals surface area (Å²) < 4.78 is 19.4. The largest absolute Gasteiger partial charge is 0.378 e. The lowest BCUT2D eigenvalue weighted by molar-refractivity contribution is 0.0789. The molecular formula is C22H22FN3O2S. The van der Waals surface area contributed by atoms with Gasteiger partial charge in [-0.25, -0.2) is 9.37 Å². The van der Waals surface area contributed by atoms with E-state index in [1.54, 1.807) is 30.1 Å². The van der Waals surface area contributed by atoms with Gasteiger partial charge in [-0.3, -0.25) is 4.79 Å². The van der Waals surface area contributed by atoms with E-state index in [0.29, 0.717) is 22.0 Å². The molecular weight excluding hydrogens is 389 g/mol. The van der Waals surface area contributed by atoms with E-state index in [1.165, 1.54) is 29.3 Å². The molecule has 4 rings (SSSR count). The van der Waals surface area contributed by atoms with Crippen LogP contribution in [0.3, 0.4) is 0 Å². The number of amides is 1. The minimum atomic E-state index is -0.338. The van der Waals surface area contributed by atoms with E-state index in [9.17, 15) is 9.18 Å². The summed E-state index contributed by atoms with van der Waals surface area (Å²) in [4.78, 5) is 21.5. The van der Waals surface area contributed by atoms with Crippen LogP contribution in [-0.4, -0.2) is 49.1 Å². The van der Waals surface area contributed by atoms with Gasteiger partial charge in [0, 0.05) is 37.9 Å². The van der Waals surface area contributed by atoms with Gasteiger partial charge in [-0.1, -0.05) is 24.3 Å². The van der Waals surface area contributed by atoms with Crippen molar-refractivity contribution < 1.29 is 13.9 Å². The Balaban J connectivity index is 1.41. The molecule has 1 fully saturated rings. The molecule has 0 spiro atoms. The molecule has 1 aliphatic heterocycles. The van der Waals surface area contributed by atoms with Crippen molar-refractivity contribution in [1.29, 1.82) is 0 Å². The highest BCUT2D eigenvalue weighted by molar-refractivity contribution is 7.16. The number of hydrogen-bond donors (Lipinski definition) is 0. The highest BCUT2D eigenvalue weighted by atomic mass is 32.1. The first-order valence-electron chi connectivity index (χ1n) is 9.49. The molecule has 0 saturated carbocycles. The maximum absolute atomic E-state index is 14.0. The van der Waals surface area contributed by atoms with Crippen LogP contribution in [0.4, 0.5) is 10.1 Å². The predicted molar refractivity (Wildman–Crippen MR) is 113 cm³/mol. The number of aromatic nitrogens is 1. The van der Waals surface area contributed by atoms with Crippen LogP contribution in [0, 0.1) is 5.82 Å². The fourth-order valence-corrected chi connectivity index (χ4v) is 4.24. The second-order valence-corrected chi connectivity index (χ2v) is 7.97. The summed E-state index contributed by atoms with van der Waals surface area (Å²) in [5.74, 6) is -0.461. The molecule has 1 saturated heterocycles. The fraction of sp³-hybridized carbons (Fsp3) is 0.273. The van der Waals surface area contributed by atoms with Gasteiger partial charge in [0.05, 0.1) is 19.4 Å². The van der Waals surface area contributed by atoms with Gasteiger partial charge in [-0.05, 0) is 29.8 Å². The molecule has 0 N–H and O–H groups in total. The second kappa shape index (κ2) is 8.71. The Bertz CT molecular complexity index is 984. The molecule has 1 aliphatic rings. The van der Waals surface area contributed by atoms with Gasteiger partial charge < -0.3 is 14.5 Å². The molecule has 5 nitrogen and oxygen atoms in total. The normalized spacial score (nSPS) is 14.1. The summed E-state index contributed by atoms with van der Waals surface area (Å²) in [7, 11) is 1.76. The Hall–Kier alpha value is -2.77. The second-order valence-electron chi connectivity index (χ2n) is 6.94. The van der Waals surface area contributed by atoms with Crippen molar-refractivity contribution in [3.63, 3.8) is 0 Å². The zero-order valence-electron chi connectivity index (χ0n) is 16.2. The van der Waals surface area contributed by atoms with Gasteiger partial charge >= 0.3 is 0 Å². The topological polar surface area (TPSA) is 45.7 Å². The van der Waals surface area contributed by atoms with Gasteiger partial charge in [0.15, 0.2) is 0 Å². The van der Waals surface area contributed by atoms with Crippen molar-refractivity contribution in [2.24, 2.45) is 0 Å². The van der Waals surface area contributed by atoms with E-state index in [4.69, 9.17) is 4.74 Å². The van der Waals surface area contributed by atoms with Crippen molar-refractivity contribution in [3.8, 4) is 10.6 Å². The standard InChI is InChI=1S/C22H22FN3O2S/c1-25(15-16-6-8-17(9-7-16)26-10-12-28-13-11-26)22(27)20-14-24-21(29-20)18-4-2-3-5-19(18)23/h2-9,14H,10-13,15H2,1H3. The third-order valence-electron chi connectivity index (χ3n) is 4.90. The van der Waals surface area contributed by atoms with Gasteiger partial charge in [0.1, 0.15) is 15.7 Å². The molecule has 1 amide bonds. The fourth-order valence-electron chi connectivity index (χ4n) is 3.30. The number of carbonyl (C=O) groups excluding carboxylic acids is 1. The van der Waals surface area contributed by atoms with Crippen LogP contribution < -0.4 is 4.90 Å². The Morgan fingerprint density at radius 1 is 1.17 bits per heavy atom. The van der Waals surface area contributed by atoms with Crippen molar-refractivity contribution in [3.05, 3.63) is 71.0 Å². The number of ether oxygens (including phenoxy) is 1. The molecule has 0 radical (unpaired) electrons. The zero-order chi connectivity index (χ0) is 20.2. The highest BCUT2D eigenvalue weighted by Crippen LogP contribution is 2.28. The predicted octanol–water partition coefficient (Wildman–Crippen LogP) is 4.06. The van der Waals surface area contributed by atoms with Crippen molar-refractivity contribution in [2.45, 2.75) is 6.54 Å². The van der Waals surface area contributed by atoms with E-state index in [1.807, 2.05) is 12.1 Å². The Morgan fingerprint density at radius 2 is 1.90 bits per heavy atom. The monoisotopic (exact) mass is 411 g/mol. The molecule has 7 heteroatoms. The van der Waals surface area contributed by atoms with Crippen LogP contribution in [0.2, 0.25) is 0 Å². The van der Waals surface area contributed by atoms with Crippen LogP contribution >= 0.6 is 11.3 Å². The number of rotatable bonds is 5. The van der Waals surface area contributed by atoms with Gasteiger partial charge in [-0.15, -0.1) is 11.3 Å². The maximum Gasteiger partial charge on any atom is 0.265 e. The van der Waals surface area contributed by atoms with Gasteiger partial charge in [0.25, 0.3) is 5.91 Å². The average molecular weight is 412 g/mol. The summed E-state index contributed by atoms with van der Waals surface area (Å²) in [5, 5.41) is 0.509. The van der Waals surface area contributed by atoms with E-state index < -0.39 is 0 Å². The van der Waals surface area contributed by atoms with Crippen molar-refractivity contribution >= 4 is 22.9 Å². The smallest absolute Gasteiger partial charge is 0.265 e. The zero-order valence-corrected chi connectivity index (χ0v) is 17.0. The number of morpholine rings is 1. The summed E-state index contributed by atoms with van der Waals surface area (Å²) in [6.45, 7) is 3.79. The van der Waals surface area contributed by atoms with Crippen molar-refractivity contribution in [2.75, 3.05) is 38.3 Å². The van der Waals surface area contributed by atoms with Crippen LogP contribution in [-0.2, 0) is 11.3 Å². The minimum Gasteiger partial charge on any atom is -0.378 e. The Kier molecular flexibility index (Phi) is 5.87. The SMILES string of the molecule is CN(Cc1ccc(N2CCOCC2)cc1)C(=O)c1cnc(-c2ccccc2F)s1. The first kappa shape index (κ1) is 19.5. The third-order valence-corrected chi connectivity index (χ3v) is 5.92. The molecule has 3 aromatic rings. The van der Waals surface area contributed by atoms with Crippen LogP contribution in [0.15, 0.2) is 54.7 Å². The molecule has 1 aromatic heterocycles. The first-order valence-corrected chi connectivity index (χ1v) is 10.3. The number of anilines is 1. The number of nitrogens with zero attached hydrogens (tertiary/aromatic N) is 3. The molecule has 0 aliphatic carbocycles. The molecule has 0 bridgehead atoms. The highest BCUT2D eigenvalue weighted by Gasteiger charge is 2.18. The molecule has 2 aromatic carbocycles.